The van der Waals surface area contributed by atoms with Gasteiger partial charge in [-0.05, 0) is 29.5 Å². The number of aromatic nitrogens is 4. The van der Waals surface area contributed by atoms with Crippen LogP contribution in [-0.4, -0.2) is 36.4 Å². The molecule has 1 atom stereocenters. The Morgan fingerprint density at radius 1 is 1.47 bits per heavy atom. The number of anilines is 1. The topological polar surface area (TPSA) is 86.7 Å². The van der Waals surface area contributed by atoms with Crippen LogP contribution in [0.5, 0.6) is 0 Å². The summed E-state index contributed by atoms with van der Waals surface area (Å²) >= 11 is 0. The number of tetrazole rings is 1. The van der Waals surface area contributed by atoms with Crippen molar-refractivity contribution in [3.05, 3.63) is 23.5 Å². The second kappa shape index (κ2) is 5.43. The van der Waals surface area contributed by atoms with E-state index < -0.39 is 16.6 Å². The van der Waals surface area contributed by atoms with Crippen molar-refractivity contribution in [3.63, 3.8) is 0 Å². The molecule has 8 heteroatoms. The summed E-state index contributed by atoms with van der Waals surface area (Å²) in [7, 11) is -0.942. The highest BCUT2D eigenvalue weighted by Crippen LogP contribution is 2.24. The molecule has 0 radical (unpaired) electrons. The first-order chi connectivity index (χ1) is 8.99. The van der Waals surface area contributed by atoms with Crippen LogP contribution in [0.2, 0.25) is 0 Å². The van der Waals surface area contributed by atoms with Crippen LogP contribution in [0.4, 0.5) is 10.1 Å². The molecule has 2 aromatic rings. The number of aryl methyl sites for hydroxylation is 1. The van der Waals surface area contributed by atoms with Gasteiger partial charge in [-0.3, -0.25) is 4.21 Å². The molecule has 0 aliphatic carbocycles. The predicted molar refractivity (Wildman–Crippen MR) is 71.3 cm³/mol. The minimum atomic E-state index is -0.942. The quantitative estimate of drug-likeness (QED) is 0.837. The Morgan fingerprint density at radius 3 is 2.84 bits per heavy atom. The fourth-order valence-corrected chi connectivity index (χ4v) is 2.04. The molecule has 0 amide bonds. The van der Waals surface area contributed by atoms with Crippen LogP contribution in [0.1, 0.15) is 5.56 Å². The molecule has 1 aromatic carbocycles. The molecule has 2 rings (SSSR count). The highest BCUT2D eigenvalue weighted by atomic mass is 32.2. The summed E-state index contributed by atoms with van der Waals surface area (Å²) in [4.78, 5) is 0. The molecule has 2 N–H and O–H groups in total. The zero-order valence-electron chi connectivity index (χ0n) is 10.6. The fourth-order valence-electron chi connectivity index (χ4n) is 1.61. The lowest BCUT2D eigenvalue weighted by molar-refractivity contribution is 0.616. The number of nitrogen functional groups attached to an aromatic ring is 1. The van der Waals surface area contributed by atoms with Gasteiger partial charge in [0, 0.05) is 39.6 Å². The summed E-state index contributed by atoms with van der Waals surface area (Å²) in [6.45, 7) is 2.01. The minimum Gasteiger partial charge on any atom is -0.398 e. The van der Waals surface area contributed by atoms with E-state index in [0.29, 0.717) is 34.9 Å². The van der Waals surface area contributed by atoms with Crippen molar-refractivity contribution < 1.29 is 8.60 Å². The van der Waals surface area contributed by atoms with E-state index in [0.717, 1.165) is 0 Å². The molecule has 102 valence electrons. The lowest BCUT2D eigenvalue weighted by Gasteiger charge is -2.07. The van der Waals surface area contributed by atoms with Crippen LogP contribution in [0, 0.1) is 12.7 Å². The Morgan fingerprint density at radius 2 is 2.21 bits per heavy atom. The highest BCUT2D eigenvalue weighted by Gasteiger charge is 2.13. The zero-order chi connectivity index (χ0) is 14.0. The van der Waals surface area contributed by atoms with E-state index in [4.69, 9.17) is 5.73 Å². The third-order valence-corrected chi connectivity index (χ3v) is 3.52. The Balaban J connectivity index is 2.37. The SMILES string of the molecule is Cc1c(N)cc(-c2nnnn2CCS(C)=O)cc1F. The van der Waals surface area contributed by atoms with E-state index in [1.165, 1.54) is 10.7 Å². The van der Waals surface area contributed by atoms with Crippen molar-refractivity contribution in [2.45, 2.75) is 13.5 Å². The van der Waals surface area contributed by atoms with E-state index in [-0.39, 0.29) is 0 Å². The maximum atomic E-state index is 13.7. The average Bonchev–Trinajstić information content (AvgIpc) is 2.81. The first-order valence-electron chi connectivity index (χ1n) is 5.61. The molecule has 1 aromatic heterocycles. The molecule has 1 heterocycles. The second-order valence-electron chi connectivity index (χ2n) is 4.18. The molecule has 0 saturated heterocycles. The molecule has 0 bridgehead atoms. The van der Waals surface area contributed by atoms with Crippen LogP contribution in [-0.2, 0) is 17.3 Å². The molecule has 6 nitrogen and oxygen atoms in total. The van der Waals surface area contributed by atoms with Crippen LogP contribution < -0.4 is 5.73 Å². The summed E-state index contributed by atoms with van der Waals surface area (Å²) in [5.41, 5.74) is 6.99. The van der Waals surface area contributed by atoms with E-state index in [9.17, 15) is 8.60 Å². The number of nitrogens with zero attached hydrogens (tertiary/aromatic N) is 4. The third kappa shape index (κ3) is 2.95. The van der Waals surface area contributed by atoms with Gasteiger partial charge in [0.05, 0.1) is 6.54 Å². The van der Waals surface area contributed by atoms with Gasteiger partial charge in [0.2, 0.25) is 0 Å². The fraction of sp³-hybridized carbons (Fsp3) is 0.364. The molecule has 19 heavy (non-hydrogen) atoms. The molecule has 0 saturated carbocycles. The molecular formula is C11H14FN5OS. The maximum absolute atomic E-state index is 13.7. The Kier molecular flexibility index (Phi) is 3.89. The average molecular weight is 283 g/mol. The zero-order valence-corrected chi connectivity index (χ0v) is 11.4. The van der Waals surface area contributed by atoms with E-state index >= 15 is 0 Å². The lowest BCUT2D eigenvalue weighted by Crippen LogP contribution is -2.10. The molecule has 0 fully saturated rings. The van der Waals surface area contributed by atoms with Crippen LogP contribution >= 0.6 is 0 Å². The van der Waals surface area contributed by atoms with Gasteiger partial charge in [0.1, 0.15) is 5.82 Å². The summed E-state index contributed by atoms with van der Waals surface area (Å²) in [5.74, 6) is 0.446. The van der Waals surface area contributed by atoms with Gasteiger partial charge >= 0.3 is 0 Å². The van der Waals surface area contributed by atoms with Gasteiger partial charge in [-0.2, -0.15) is 0 Å². The van der Waals surface area contributed by atoms with Gasteiger partial charge in [0.25, 0.3) is 0 Å². The maximum Gasteiger partial charge on any atom is 0.182 e. The Bertz CT molecular complexity index is 604. The Labute approximate surface area is 112 Å². The van der Waals surface area contributed by atoms with Crippen LogP contribution in [0.3, 0.4) is 0 Å². The minimum absolute atomic E-state index is 0.351. The summed E-state index contributed by atoms with van der Waals surface area (Å²) in [6, 6.07) is 2.97. The predicted octanol–water partition coefficient (Wildman–Crippen LogP) is 0.748. The second-order valence-corrected chi connectivity index (χ2v) is 5.73. The number of hydrogen-bond donors (Lipinski definition) is 1. The number of nitrogens with two attached hydrogens (primary N) is 1. The standard InChI is InChI=1S/C11H14FN5OS/c1-7-9(12)5-8(6-10(7)13)11-14-15-16-17(11)3-4-19(2)18/h5-6H,3-4,13H2,1-2H3. The third-order valence-electron chi connectivity index (χ3n) is 2.77. The van der Waals surface area contributed by atoms with Crippen molar-refractivity contribution >= 4 is 16.5 Å². The van der Waals surface area contributed by atoms with Crippen molar-refractivity contribution in [2.75, 3.05) is 17.7 Å². The van der Waals surface area contributed by atoms with Crippen molar-refractivity contribution in [1.29, 1.82) is 0 Å². The summed E-state index contributed by atoms with van der Waals surface area (Å²) in [5, 5.41) is 11.2. The first kappa shape index (κ1) is 13.6. The van der Waals surface area contributed by atoms with Crippen LogP contribution in [0.15, 0.2) is 12.1 Å². The lowest BCUT2D eigenvalue weighted by atomic mass is 10.1. The molecule has 0 aliphatic rings. The van der Waals surface area contributed by atoms with E-state index in [1.54, 1.807) is 19.2 Å². The van der Waals surface area contributed by atoms with E-state index in [2.05, 4.69) is 15.5 Å². The number of rotatable bonds is 4. The normalized spacial score (nSPS) is 12.6. The van der Waals surface area contributed by atoms with Crippen molar-refractivity contribution in [3.8, 4) is 11.4 Å². The number of halogens is 1. The molecule has 1 unspecified atom stereocenters. The largest absolute Gasteiger partial charge is 0.398 e. The van der Waals surface area contributed by atoms with Gasteiger partial charge in [-0.1, -0.05) is 0 Å². The smallest absolute Gasteiger partial charge is 0.182 e. The summed E-state index contributed by atoms with van der Waals surface area (Å²) in [6.07, 6.45) is 1.60. The Hall–Kier alpha value is -1.83. The highest BCUT2D eigenvalue weighted by molar-refractivity contribution is 7.84. The molecule has 0 spiro atoms. The van der Waals surface area contributed by atoms with E-state index in [1.807, 2.05) is 0 Å². The van der Waals surface area contributed by atoms with Gasteiger partial charge in [-0.25, -0.2) is 9.07 Å². The monoisotopic (exact) mass is 283 g/mol. The van der Waals surface area contributed by atoms with Gasteiger partial charge < -0.3 is 5.73 Å². The summed E-state index contributed by atoms with van der Waals surface area (Å²) < 4.78 is 26.3. The first-order valence-corrected chi connectivity index (χ1v) is 7.34. The van der Waals surface area contributed by atoms with Crippen LogP contribution in [0.25, 0.3) is 11.4 Å². The van der Waals surface area contributed by atoms with Gasteiger partial charge in [0.15, 0.2) is 5.82 Å². The van der Waals surface area contributed by atoms with Crippen molar-refractivity contribution in [1.82, 2.24) is 20.2 Å². The molecule has 0 aliphatic heterocycles. The van der Waals surface area contributed by atoms with Crippen molar-refractivity contribution in [2.24, 2.45) is 0 Å². The van der Waals surface area contributed by atoms with Gasteiger partial charge in [-0.15, -0.1) is 5.10 Å². The number of hydrogen-bond acceptors (Lipinski definition) is 5. The molecular weight excluding hydrogens is 269 g/mol. The number of benzene rings is 1.